The zero-order chi connectivity index (χ0) is 8.97. The minimum atomic E-state index is 0.757. The van der Waals surface area contributed by atoms with Gasteiger partial charge in [-0.1, -0.05) is 13.8 Å². The number of aromatic nitrogens is 2. The normalized spacial score (nSPS) is 11.0. The molecule has 0 N–H and O–H groups in total. The molecule has 68 valence electrons. The highest BCUT2D eigenvalue weighted by atomic mass is 127. The summed E-state index contributed by atoms with van der Waals surface area (Å²) >= 11 is 5.58. The fourth-order valence-corrected chi connectivity index (χ4v) is 2.67. The number of rotatable bonds is 4. The van der Waals surface area contributed by atoms with Crippen LogP contribution in [0, 0.1) is 8.93 Å². The summed E-state index contributed by atoms with van der Waals surface area (Å²) in [6, 6.07) is 0. The maximum Gasteiger partial charge on any atom is 0.174 e. The van der Waals surface area contributed by atoms with E-state index in [1.807, 2.05) is 11.8 Å². The van der Waals surface area contributed by atoms with Crippen LogP contribution in [0.2, 0.25) is 0 Å². The summed E-state index contributed by atoms with van der Waals surface area (Å²) < 4.78 is 5.25. The zero-order valence-corrected chi connectivity index (χ0v) is 10.9. The summed E-state index contributed by atoms with van der Waals surface area (Å²) in [6.07, 6.45) is 0. The van der Waals surface area contributed by atoms with Gasteiger partial charge in [0.1, 0.15) is 0 Å². The van der Waals surface area contributed by atoms with Crippen molar-refractivity contribution in [2.45, 2.75) is 19.6 Å². The lowest BCUT2D eigenvalue weighted by atomic mass is 10.3. The van der Waals surface area contributed by atoms with E-state index in [-0.39, 0.29) is 0 Å². The molecule has 0 aliphatic rings. The van der Waals surface area contributed by atoms with Crippen molar-refractivity contribution in [3.8, 4) is 0 Å². The van der Waals surface area contributed by atoms with Gasteiger partial charge in [0.05, 0.1) is 5.75 Å². The number of hydrogen-bond acceptors (Lipinski definition) is 4. The molecule has 0 radical (unpaired) electrons. The lowest BCUT2D eigenvalue weighted by Gasteiger charge is -2.00. The van der Waals surface area contributed by atoms with E-state index in [0.717, 1.165) is 20.5 Å². The van der Waals surface area contributed by atoms with Crippen molar-refractivity contribution >= 4 is 45.9 Å². The van der Waals surface area contributed by atoms with Gasteiger partial charge in [0.15, 0.2) is 8.84 Å². The van der Waals surface area contributed by atoms with Crippen LogP contribution in [0.3, 0.4) is 0 Å². The van der Waals surface area contributed by atoms with Crippen molar-refractivity contribution in [2.75, 3.05) is 5.75 Å². The third kappa shape index (κ3) is 4.04. The van der Waals surface area contributed by atoms with Crippen molar-refractivity contribution in [1.82, 2.24) is 9.36 Å². The van der Waals surface area contributed by atoms with Gasteiger partial charge in [-0.3, -0.25) is 0 Å². The van der Waals surface area contributed by atoms with E-state index in [1.54, 1.807) is 0 Å². The number of thioether (sulfide) groups is 1. The van der Waals surface area contributed by atoms with E-state index in [1.165, 1.54) is 17.3 Å². The highest BCUT2D eigenvalue weighted by Gasteiger charge is 2.01. The Morgan fingerprint density at radius 1 is 1.58 bits per heavy atom. The Balaban J connectivity index is 2.24. The molecule has 0 saturated carbocycles. The average molecular weight is 314 g/mol. The highest BCUT2D eigenvalue weighted by Crippen LogP contribution is 2.15. The summed E-state index contributed by atoms with van der Waals surface area (Å²) in [7, 11) is 0. The lowest BCUT2D eigenvalue weighted by Crippen LogP contribution is -1.92. The topological polar surface area (TPSA) is 25.8 Å². The van der Waals surface area contributed by atoms with Crippen molar-refractivity contribution in [1.29, 1.82) is 0 Å². The largest absolute Gasteiger partial charge is 0.213 e. The third-order valence-corrected chi connectivity index (χ3v) is 3.87. The molecule has 0 saturated heterocycles. The van der Waals surface area contributed by atoms with Crippen LogP contribution in [0.5, 0.6) is 0 Å². The van der Waals surface area contributed by atoms with Gasteiger partial charge in [0.2, 0.25) is 0 Å². The van der Waals surface area contributed by atoms with Gasteiger partial charge in [-0.15, -0.1) is 0 Å². The molecule has 0 amide bonds. The predicted octanol–water partition coefficient (Wildman–Crippen LogP) is 3.03. The summed E-state index contributed by atoms with van der Waals surface area (Å²) in [4.78, 5) is 4.28. The third-order valence-electron chi connectivity index (χ3n) is 1.13. The van der Waals surface area contributed by atoms with Gasteiger partial charge in [-0.2, -0.15) is 16.1 Å². The van der Waals surface area contributed by atoms with Gasteiger partial charge in [0.25, 0.3) is 0 Å². The highest BCUT2D eigenvalue weighted by molar-refractivity contribution is 14.1. The fraction of sp³-hybridized carbons (Fsp3) is 0.714. The molecule has 1 heterocycles. The Hall–Kier alpha value is 0.640. The van der Waals surface area contributed by atoms with Crippen molar-refractivity contribution < 1.29 is 0 Å². The van der Waals surface area contributed by atoms with Crippen LogP contribution in [-0.2, 0) is 5.75 Å². The maximum absolute atomic E-state index is 4.28. The molecule has 0 bridgehead atoms. The molecule has 1 aromatic heterocycles. The van der Waals surface area contributed by atoms with Gasteiger partial charge in [0, 0.05) is 0 Å². The minimum Gasteiger partial charge on any atom is -0.213 e. The molecule has 0 aliphatic carbocycles. The maximum atomic E-state index is 4.28. The number of halogens is 1. The quantitative estimate of drug-likeness (QED) is 0.799. The van der Waals surface area contributed by atoms with Gasteiger partial charge < -0.3 is 0 Å². The molecule has 0 spiro atoms. The van der Waals surface area contributed by atoms with Crippen LogP contribution in [0.15, 0.2) is 0 Å². The second-order valence-electron chi connectivity index (χ2n) is 2.87. The molecule has 1 aromatic rings. The van der Waals surface area contributed by atoms with Gasteiger partial charge in [-0.05, 0) is 45.8 Å². The first kappa shape index (κ1) is 10.7. The van der Waals surface area contributed by atoms with Crippen molar-refractivity contribution in [3.63, 3.8) is 0 Å². The van der Waals surface area contributed by atoms with E-state index < -0.39 is 0 Å². The second-order valence-corrected chi connectivity index (χ2v) is 6.41. The standard InChI is InChI=1S/C7H11IN2S2/c1-5(2)3-11-4-6-9-7(8)12-10-6/h5H,3-4H2,1-2H3. The monoisotopic (exact) mass is 314 g/mol. The van der Waals surface area contributed by atoms with E-state index in [2.05, 4.69) is 45.8 Å². The molecule has 0 fully saturated rings. The molecular weight excluding hydrogens is 303 g/mol. The molecule has 5 heteroatoms. The van der Waals surface area contributed by atoms with E-state index in [4.69, 9.17) is 0 Å². The fourth-order valence-electron chi connectivity index (χ4n) is 0.677. The molecule has 0 atom stereocenters. The molecule has 1 rings (SSSR count). The summed E-state index contributed by atoms with van der Waals surface area (Å²) in [5.41, 5.74) is 0. The zero-order valence-electron chi connectivity index (χ0n) is 7.08. The van der Waals surface area contributed by atoms with E-state index in [9.17, 15) is 0 Å². The van der Waals surface area contributed by atoms with Crippen LogP contribution < -0.4 is 0 Å². The first-order valence-electron chi connectivity index (χ1n) is 3.74. The predicted molar refractivity (Wildman–Crippen MR) is 63.6 cm³/mol. The Morgan fingerprint density at radius 2 is 2.33 bits per heavy atom. The van der Waals surface area contributed by atoms with Crippen molar-refractivity contribution in [2.24, 2.45) is 5.92 Å². The molecular formula is C7H11IN2S2. The molecule has 0 aliphatic heterocycles. The van der Waals surface area contributed by atoms with Gasteiger partial charge >= 0.3 is 0 Å². The Kier molecular flexibility index (Phi) is 4.81. The first-order valence-corrected chi connectivity index (χ1v) is 6.75. The van der Waals surface area contributed by atoms with Crippen LogP contribution in [0.1, 0.15) is 19.7 Å². The Bertz CT molecular complexity index is 237. The Labute approximate surface area is 94.9 Å². The van der Waals surface area contributed by atoms with Crippen LogP contribution in [0.4, 0.5) is 0 Å². The summed E-state index contributed by atoms with van der Waals surface area (Å²) in [5, 5.41) is 0. The molecule has 2 nitrogen and oxygen atoms in total. The van der Waals surface area contributed by atoms with Crippen LogP contribution in [0.25, 0.3) is 0 Å². The van der Waals surface area contributed by atoms with Crippen LogP contribution >= 0.6 is 45.9 Å². The van der Waals surface area contributed by atoms with E-state index >= 15 is 0 Å². The average Bonchev–Trinajstić information content (AvgIpc) is 2.35. The number of nitrogens with zero attached hydrogens (tertiary/aromatic N) is 2. The second kappa shape index (κ2) is 5.39. The smallest absolute Gasteiger partial charge is 0.174 e. The van der Waals surface area contributed by atoms with Crippen LogP contribution in [-0.4, -0.2) is 15.1 Å². The lowest BCUT2D eigenvalue weighted by molar-refractivity contribution is 0.750. The molecule has 0 aromatic carbocycles. The minimum absolute atomic E-state index is 0.757. The molecule has 0 unspecified atom stereocenters. The SMILES string of the molecule is CC(C)CSCc1nsc(I)n1. The summed E-state index contributed by atoms with van der Waals surface area (Å²) in [5.74, 6) is 3.88. The number of hydrogen-bond donors (Lipinski definition) is 0. The van der Waals surface area contributed by atoms with Gasteiger partial charge in [-0.25, -0.2) is 4.98 Å². The Morgan fingerprint density at radius 3 is 2.83 bits per heavy atom. The molecule has 12 heavy (non-hydrogen) atoms. The van der Waals surface area contributed by atoms with Crippen molar-refractivity contribution in [3.05, 3.63) is 8.84 Å². The first-order chi connectivity index (χ1) is 5.68. The summed E-state index contributed by atoms with van der Waals surface area (Å²) in [6.45, 7) is 4.45. The van der Waals surface area contributed by atoms with E-state index in [0.29, 0.717) is 0 Å².